The number of methoxy groups -OCH3 is 1. The second-order valence-electron chi connectivity index (χ2n) is 5.31. The van der Waals surface area contributed by atoms with Crippen molar-refractivity contribution in [3.05, 3.63) is 53.8 Å². The van der Waals surface area contributed by atoms with E-state index in [9.17, 15) is 14.3 Å². The third kappa shape index (κ3) is 2.27. The number of hydrogen-bond donors (Lipinski definition) is 1. The first kappa shape index (κ1) is 13.6. The number of aliphatic carboxylic acids is 1. The van der Waals surface area contributed by atoms with Crippen LogP contribution in [0.4, 0.5) is 4.39 Å². The molecule has 0 saturated heterocycles. The monoisotopic (exact) mass is 286 g/mol. The van der Waals surface area contributed by atoms with Crippen LogP contribution in [0.5, 0.6) is 5.75 Å². The molecular formula is C17H15FO3. The van der Waals surface area contributed by atoms with Gasteiger partial charge >= 0.3 is 5.97 Å². The molecule has 2 aromatic rings. The number of rotatable bonds is 4. The van der Waals surface area contributed by atoms with Crippen molar-refractivity contribution in [1.29, 1.82) is 0 Å². The van der Waals surface area contributed by atoms with Gasteiger partial charge in [0, 0.05) is 11.6 Å². The van der Waals surface area contributed by atoms with Crippen molar-refractivity contribution in [1.82, 2.24) is 0 Å². The minimum atomic E-state index is -0.810. The van der Waals surface area contributed by atoms with Crippen LogP contribution in [-0.2, 0) is 10.2 Å². The minimum absolute atomic E-state index is 0.383. The van der Waals surface area contributed by atoms with E-state index in [4.69, 9.17) is 4.74 Å². The summed E-state index contributed by atoms with van der Waals surface area (Å²) in [6, 6.07) is 11.8. The van der Waals surface area contributed by atoms with Crippen LogP contribution in [-0.4, -0.2) is 18.2 Å². The lowest BCUT2D eigenvalue weighted by atomic mass is 9.92. The van der Waals surface area contributed by atoms with Gasteiger partial charge in [0.25, 0.3) is 0 Å². The molecule has 0 spiro atoms. The lowest BCUT2D eigenvalue weighted by molar-refractivity contribution is -0.140. The fourth-order valence-corrected chi connectivity index (χ4v) is 2.59. The minimum Gasteiger partial charge on any atom is -0.497 e. The summed E-state index contributed by atoms with van der Waals surface area (Å²) >= 11 is 0. The van der Waals surface area contributed by atoms with Gasteiger partial charge in [-0.15, -0.1) is 0 Å². The lowest BCUT2D eigenvalue weighted by Gasteiger charge is -2.12. The standard InChI is InChI=1S/C17H15FO3/c1-21-13-5-6-14(15(18)10-13)11-3-2-4-12(9-11)17(7-8-17)16(19)20/h2-6,9-10H,7-8H2,1H3,(H,19,20). The zero-order chi connectivity index (χ0) is 15.0. The molecule has 2 aromatic carbocycles. The average molecular weight is 286 g/mol. The molecule has 0 unspecified atom stereocenters. The van der Waals surface area contributed by atoms with Gasteiger partial charge in [-0.05, 0) is 42.2 Å². The SMILES string of the molecule is COc1ccc(-c2cccc(C3(C(=O)O)CC3)c2)c(F)c1. The van der Waals surface area contributed by atoms with Crippen LogP contribution in [0.1, 0.15) is 18.4 Å². The first-order valence-electron chi connectivity index (χ1n) is 6.75. The average Bonchev–Trinajstić information content (AvgIpc) is 3.29. The Kier molecular flexibility index (Phi) is 3.16. The van der Waals surface area contributed by atoms with Crippen molar-refractivity contribution in [2.75, 3.05) is 7.11 Å². The lowest BCUT2D eigenvalue weighted by Crippen LogP contribution is -2.19. The normalized spacial score (nSPS) is 15.5. The summed E-state index contributed by atoms with van der Waals surface area (Å²) in [6.45, 7) is 0. The number of benzene rings is 2. The number of halogens is 1. The maximum absolute atomic E-state index is 14.1. The van der Waals surface area contributed by atoms with Gasteiger partial charge in [-0.3, -0.25) is 4.79 Å². The summed E-state index contributed by atoms with van der Waals surface area (Å²) in [5.41, 5.74) is 1.08. The zero-order valence-electron chi connectivity index (χ0n) is 11.6. The van der Waals surface area contributed by atoms with Gasteiger partial charge in [0.15, 0.2) is 0 Å². The molecule has 1 aliphatic carbocycles. The molecule has 0 aromatic heterocycles. The highest BCUT2D eigenvalue weighted by Gasteiger charge is 2.51. The van der Waals surface area contributed by atoms with Gasteiger partial charge in [-0.1, -0.05) is 18.2 Å². The number of hydrogen-bond acceptors (Lipinski definition) is 2. The molecular weight excluding hydrogens is 271 g/mol. The quantitative estimate of drug-likeness (QED) is 0.933. The van der Waals surface area contributed by atoms with Crippen LogP contribution < -0.4 is 4.74 Å². The Bertz CT molecular complexity index is 705. The molecule has 0 atom stereocenters. The zero-order valence-corrected chi connectivity index (χ0v) is 11.6. The van der Waals surface area contributed by atoms with Crippen molar-refractivity contribution < 1.29 is 19.0 Å². The summed E-state index contributed by atoms with van der Waals surface area (Å²) in [6.07, 6.45) is 1.27. The van der Waals surface area contributed by atoms with Crippen LogP contribution in [0, 0.1) is 5.82 Å². The molecule has 0 amide bonds. The van der Waals surface area contributed by atoms with E-state index in [2.05, 4.69) is 0 Å². The van der Waals surface area contributed by atoms with Crippen molar-refractivity contribution in [3.63, 3.8) is 0 Å². The van der Waals surface area contributed by atoms with Crippen LogP contribution in [0.3, 0.4) is 0 Å². The Morgan fingerprint density at radius 1 is 1.24 bits per heavy atom. The van der Waals surface area contributed by atoms with Crippen molar-refractivity contribution in [3.8, 4) is 16.9 Å². The number of carbonyl (C=O) groups is 1. The third-order valence-corrected chi connectivity index (χ3v) is 4.06. The molecule has 108 valence electrons. The van der Waals surface area contributed by atoms with E-state index >= 15 is 0 Å². The Labute approximate surface area is 122 Å². The molecule has 0 heterocycles. The fourth-order valence-electron chi connectivity index (χ4n) is 2.59. The van der Waals surface area contributed by atoms with Crippen molar-refractivity contribution >= 4 is 5.97 Å². The maximum Gasteiger partial charge on any atom is 0.314 e. The van der Waals surface area contributed by atoms with Gasteiger partial charge < -0.3 is 9.84 Å². The van der Waals surface area contributed by atoms with Gasteiger partial charge in [-0.2, -0.15) is 0 Å². The van der Waals surface area contributed by atoms with Crippen LogP contribution in [0.15, 0.2) is 42.5 Å². The van der Waals surface area contributed by atoms with E-state index < -0.39 is 11.4 Å². The molecule has 4 heteroatoms. The Morgan fingerprint density at radius 2 is 2.00 bits per heavy atom. The first-order chi connectivity index (χ1) is 10.1. The molecule has 1 aliphatic rings. The molecule has 1 saturated carbocycles. The highest BCUT2D eigenvalue weighted by molar-refractivity contribution is 5.85. The second-order valence-corrected chi connectivity index (χ2v) is 5.31. The molecule has 0 bridgehead atoms. The first-order valence-corrected chi connectivity index (χ1v) is 6.75. The third-order valence-electron chi connectivity index (χ3n) is 4.06. The van der Waals surface area contributed by atoms with Gasteiger partial charge in [0.05, 0.1) is 12.5 Å². The van der Waals surface area contributed by atoms with E-state index in [-0.39, 0.29) is 5.82 Å². The largest absolute Gasteiger partial charge is 0.497 e. The van der Waals surface area contributed by atoms with Crippen LogP contribution in [0.2, 0.25) is 0 Å². The van der Waals surface area contributed by atoms with E-state index in [1.165, 1.54) is 13.2 Å². The number of carboxylic acid groups (broad SMARTS) is 1. The molecule has 1 N–H and O–H groups in total. The number of carboxylic acids is 1. The second kappa shape index (κ2) is 4.88. The number of ether oxygens (including phenoxy) is 1. The summed E-state index contributed by atoms with van der Waals surface area (Å²) in [5, 5.41) is 9.35. The molecule has 0 radical (unpaired) electrons. The summed E-state index contributed by atoms with van der Waals surface area (Å²) in [5.74, 6) is -0.738. The van der Waals surface area contributed by atoms with E-state index in [1.54, 1.807) is 36.4 Å². The topological polar surface area (TPSA) is 46.5 Å². The van der Waals surface area contributed by atoms with Gasteiger partial charge in [0.1, 0.15) is 11.6 Å². The van der Waals surface area contributed by atoms with Gasteiger partial charge in [-0.25, -0.2) is 4.39 Å². The Hall–Kier alpha value is -2.36. The summed E-state index contributed by atoms with van der Waals surface area (Å²) < 4.78 is 19.1. The maximum atomic E-state index is 14.1. The highest BCUT2D eigenvalue weighted by atomic mass is 19.1. The van der Waals surface area contributed by atoms with E-state index in [0.717, 1.165) is 5.56 Å². The van der Waals surface area contributed by atoms with E-state index in [1.807, 2.05) is 0 Å². The fraction of sp³-hybridized carbons (Fsp3) is 0.235. The molecule has 3 nitrogen and oxygen atoms in total. The Morgan fingerprint density at radius 3 is 2.57 bits per heavy atom. The molecule has 1 fully saturated rings. The smallest absolute Gasteiger partial charge is 0.314 e. The van der Waals surface area contributed by atoms with Crippen molar-refractivity contribution in [2.45, 2.75) is 18.3 Å². The van der Waals surface area contributed by atoms with Crippen molar-refractivity contribution in [2.24, 2.45) is 0 Å². The predicted octanol–water partition coefficient (Wildman–Crippen LogP) is 3.62. The van der Waals surface area contributed by atoms with Gasteiger partial charge in [0.2, 0.25) is 0 Å². The van der Waals surface area contributed by atoms with E-state index in [0.29, 0.717) is 29.7 Å². The summed E-state index contributed by atoms with van der Waals surface area (Å²) in [4.78, 5) is 11.4. The highest BCUT2D eigenvalue weighted by Crippen LogP contribution is 2.49. The molecule has 21 heavy (non-hydrogen) atoms. The molecule has 3 rings (SSSR count). The Balaban J connectivity index is 2.03. The molecule has 0 aliphatic heterocycles. The van der Waals surface area contributed by atoms with Crippen LogP contribution >= 0.6 is 0 Å². The predicted molar refractivity (Wildman–Crippen MR) is 76.9 cm³/mol. The summed E-state index contributed by atoms with van der Waals surface area (Å²) in [7, 11) is 1.48. The van der Waals surface area contributed by atoms with Crippen LogP contribution in [0.25, 0.3) is 11.1 Å².